The molecule has 0 saturated carbocycles. The molecule has 5 heteroatoms. The van der Waals surface area contributed by atoms with Crippen molar-refractivity contribution in [1.82, 2.24) is 9.97 Å². The fourth-order valence-electron chi connectivity index (χ4n) is 2.70. The van der Waals surface area contributed by atoms with Crippen LogP contribution in [0.4, 0.5) is 0 Å². The van der Waals surface area contributed by atoms with E-state index in [4.69, 9.17) is 4.74 Å². The first-order chi connectivity index (χ1) is 12.8. The first kappa shape index (κ1) is 17.1. The fourth-order valence-corrected chi connectivity index (χ4v) is 4.56. The Labute approximate surface area is 161 Å². The van der Waals surface area contributed by atoms with Crippen molar-refractivity contribution in [1.29, 1.82) is 0 Å². The number of thioether (sulfide) groups is 1. The highest BCUT2D eigenvalue weighted by Crippen LogP contribution is 2.36. The average Bonchev–Trinajstić information content (AvgIpc) is 3.11. The Kier molecular flexibility index (Phi) is 5.18. The summed E-state index contributed by atoms with van der Waals surface area (Å²) in [6, 6.07) is 20.7. The Morgan fingerprint density at radius 2 is 1.88 bits per heavy atom. The fraction of sp³-hybridized carbons (Fsp3) is 0.143. The molecule has 0 spiro atoms. The van der Waals surface area contributed by atoms with Gasteiger partial charge in [0, 0.05) is 16.0 Å². The van der Waals surface area contributed by atoms with Crippen LogP contribution in [-0.2, 0) is 0 Å². The van der Waals surface area contributed by atoms with Gasteiger partial charge in [0.15, 0.2) is 0 Å². The summed E-state index contributed by atoms with van der Waals surface area (Å²) in [7, 11) is 0. The molecule has 0 unspecified atom stereocenters. The van der Waals surface area contributed by atoms with E-state index in [0.717, 1.165) is 26.7 Å². The minimum absolute atomic E-state index is 0.648. The maximum atomic E-state index is 5.83. The van der Waals surface area contributed by atoms with Crippen LogP contribution >= 0.6 is 23.1 Å². The molecule has 0 N–H and O–H groups in total. The number of aryl methyl sites for hydroxylation is 1. The lowest BCUT2D eigenvalue weighted by atomic mass is 10.2. The van der Waals surface area contributed by atoms with Crippen molar-refractivity contribution in [3.63, 3.8) is 0 Å². The van der Waals surface area contributed by atoms with Crippen molar-refractivity contribution >= 4 is 33.3 Å². The van der Waals surface area contributed by atoms with Gasteiger partial charge in [0.1, 0.15) is 21.9 Å². The molecule has 26 heavy (non-hydrogen) atoms. The highest BCUT2D eigenvalue weighted by molar-refractivity contribution is 7.99. The van der Waals surface area contributed by atoms with E-state index in [1.165, 1.54) is 16.0 Å². The van der Waals surface area contributed by atoms with Gasteiger partial charge in [-0.25, -0.2) is 9.97 Å². The van der Waals surface area contributed by atoms with Crippen LogP contribution in [0.5, 0.6) is 5.75 Å². The molecule has 0 radical (unpaired) electrons. The van der Waals surface area contributed by atoms with Crippen molar-refractivity contribution < 1.29 is 4.74 Å². The largest absolute Gasteiger partial charge is 0.493 e. The highest BCUT2D eigenvalue weighted by Gasteiger charge is 2.10. The van der Waals surface area contributed by atoms with Gasteiger partial charge >= 0.3 is 0 Å². The molecule has 0 aliphatic carbocycles. The molecule has 0 fully saturated rings. The summed E-state index contributed by atoms with van der Waals surface area (Å²) in [6.07, 6.45) is 1.65. The smallest absolute Gasteiger partial charge is 0.128 e. The van der Waals surface area contributed by atoms with Crippen molar-refractivity contribution in [3.8, 4) is 16.2 Å². The van der Waals surface area contributed by atoms with E-state index >= 15 is 0 Å². The zero-order chi connectivity index (χ0) is 17.8. The Balaban J connectivity index is 1.46. The standard InChI is InChI=1S/C21H18N2OS2/c1-15-6-5-9-17(12-15)24-10-11-25-20-18-13-19(16-7-3-2-4-8-16)26-21(18)23-14-22-20/h2-9,12-14H,10-11H2,1H3. The van der Waals surface area contributed by atoms with E-state index in [2.05, 4.69) is 59.4 Å². The molecule has 0 bridgehead atoms. The van der Waals surface area contributed by atoms with Crippen LogP contribution in [0.2, 0.25) is 0 Å². The van der Waals surface area contributed by atoms with Crippen LogP contribution in [0.15, 0.2) is 72.0 Å². The normalized spacial score (nSPS) is 11.0. The third-order valence-corrected chi connectivity index (χ3v) is 5.99. The van der Waals surface area contributed by atoms with Gasteiger partial charge in [-0.3, -0.25) is 0 Å². The third kappa shape index (κ3) is 3.89. The number of rotatable bonds is 6. The maximum Gasteiger partial charge on any atom is 0.128 e. The van der Waals surface area contributed by atoms with Crippen LogP contribution in [0, 0.1) is 6.92 Å². The molecule has 0 aliphatic rings. The lowest BCUT2D eigenvalue weighted by Crippen LogP contribution is -2.00. The van der Waals surface area contributed by atoms with Gasteiger partial charge in [0.2, 0.25) is 0 Å². The van der Waals surface area contributed by atoms with Crippen molar-refractivity contribution in [3.05, 3.63) is 72.6 Å². The van der Waals surface area contributed by atoms with Crippen LogP contribution in [0.25, 0.3) is 20.7 Å². The molecule has 0 atom stereocenters. The maximum absolute atomic E-state index is 5.83. The van der Waals surface area contributed by atoms with Crippen LogP contribution in [0.3, 0.4) is 0 Å². The van der Waals surface area contributed by atoms with Crippen LogP contribution in [-0.4, -0.2) is 22.3 Å². The SMILES string of the molecule is Cc1cccc(OCCSc2ncnc3sc(-c4ccccc4)cc23)c1. The topological polar surface area (TPSA) is 35.0 Å². The van der Waals surface area contributed by atoms with Gasteiger partial charge in [-0.2, -0.15) is 0 Å². The lowest BCUT2D eigenvalue weighted by molar-refractivity contribution is 0.343. The summed E-state index contributed by atoms with van der Waals surface area (Å²) < 4.78 is 5.83. The van der Waals surface area contributed by atoms with Crippen molar-refractivity contribution in [2.24, 2.45) is 0 Å². The molecule has 0 aliphatic heterocycles. The molecule has 4 aromatic rings. The zero-order valence-electron chi connectivity index (χ0n) is 14.4. The molecule has 4 rings (SSSR count). The highest BCUT2D eigenvalue weighted by atomic mass is 32.2. The van der Waals surface area contributed by atoms with E-state index in [-0.39, 0.29) is 0 Å². The second kappa shape index (κ2) is 7.89. The molecule has 2 aromatic carbocycles. The van der Waals surface area contributed by atoms with Crippen molar-refractivity contribution in [2.75, 3.05) is 12.4 Å². The first-order valence-electron chi connectivity index (χ1n) is 8.42. The number of thiophene rings is 1. The molecule has 2 heterocycles. The summed E-state index contributed by atoms with van der Waals surface area (Å²) >= 11 is 3.42. The summed E-state index contributed by atoms with van der Waals surface area (Å²) in [4.78, 5) is 11.2. The lowest BCUT2D eigenvalue weighted by Gasteiger charge is -2.06. The molecule has 0 saturated heterocycles. The van der Waals surface area contributed by atoms with E-state index in [1.54, 1.807) is 29.4 Å². The summed E-state index contributed by atoms with van der Waals surface area (Å²) in [6.45, 7) is 2.72. The average molecular weight is 379 g/mol. The zero-order valence-corrected chi connectivity index (χ0v) is 16.0. The molecular formula is C21H18N2OS2. The first-order valence-corrected chi connectivity index (χ1v) is 10.2. The summed E-state index contributed by atoms with van der Waals surface area (Å²) in [5, 5.41) is 2.14. The van der Waals surface area contributed by atoms with Gasteiger partial charge in [-0.1, -0.05) is 42.5 Å². The number of fused-ring (bicyclic) bond motifs is 1. The minimum Gasteiger partial charge on any atom is -0.493 e. The second-order valence-corrected chi connectivity index (χ2v) is 8.00. The molecule has 130 valence electrons. The third-order valence-electron chi connectivity index (χ3n) is 3.93. The van der Waals surface area contributed by atoms with Gasteiger partial charge in [0.25, 0.3) is 0 Å². The van der Waals surface area contributed by atoms with E-state index in [9.17, 15) is 0 Å². The van der Waals surface area contributed by atoms with Crippen LogP contribution in [0.1, 0.15) is 5.56 Å². The number of hydrogen-bond donors (Lipinski definition) is 0. The molecule has 3 nitrogen and oxygen atoms in total. The Bertz CT molecular complexity index is 1010. The number of aromatic nitrogens is 2. The Morgan fingerprint density at radius 1 is 1.00 bits per heavy atom. The Morgan fingerprint density at radius 3 is 2.73 bits per heavy atom. The van der Waals surface area contributed by atoms with Gasteiger partial charge in [-0.15, -0.1) is 23.1 Å². The van der Waals surface area contributed by atoms with Gasteiger partial charge in [0.05, 0.1) is 6.61 Å². The molecule has 2 aromatic heterocycles. The predicted molar refractivity (Wildman–Crippen MR) is 110 cm³/mol. The van der Waals surface area contributed by atoms with E-state index < -0.39 is 0 Å². The molecular weight excluding hydrogens is 360 g/mol. The van der Waals surface area contributed by atoms with Gasteiger partial charge < -0.3 is 4.74 Å². The second-order valence-electron chi connectivity index (χ2n) is 5.89. The number of ether oxygens (including phenoxy) is 1. The van der Waals surface area contributed by atoms with Crippen LogP contribution < -0.4 is 4.74 Å². The van der Waals surface area contributed by atoms with Crippen molar-refractivity contribution in [2.45, 2.75) is 11.9 Å². The summed E-state index contributed by atoms with van der Waals surface area (Å²) in [5.41, 5.74) is 2.42. The summed E-state index contributed by atoms with van der Waals surface area (Å²) in [5.74, 6) is 1.76. The van der Waals surface area contributed by atoms with E-state index in [1.807, 2.05) is 18.2 Å². The molecule has 0 amide bonds. The quantitative estimate of drug-likeness (QED) is 0.240. The monoisotopic (exact) mass is 378 g/mol. The minimum atomic E-state index is 0.648. The predicted octanol–water partition coefficient (Wildman–Crippen LogP) is 5.84. The number of hydrogen-bond acceptors (Lipinski definition) is 5. The Hall–Kier alpha value is -2.37. The number of nitrogens with zero attached hydrogens (tertiary/aromatic N) is 2. The van der Waals surface area contributed by atoms with Gasteiger partial charge in [-0.05, 0) is 36.2 Å². The number of benzene rings is 2. The van der Waals surface area contributed by atoms with E-state index in [0.29, 0.717) is 6.61 Å².